The summed E-state index contributed by atoms with van der Waals surface area (Å²) in [4.78, 5) is 8.36. The van der Waals surface area contributed by atoms with E-state index in [0.717, 1.165) is 21.2 Å². The summed E-state index contributed by atoms with van der Waals surface area (Å²) in [5, 5.41) is 8.04. The van der Waals surface area contributed by atoms with Gasteiger partial charge in [-0.05, 0) is 31.2 Å². The molecule has 1 aromatic carbocycles. The van der Waals surface area contributed by atoms with E-state index in [-0.39, 0.29) is 6.47 Å². The molecule has 3 nitrogen and oxygen atoms in total. The highest BCUT2D eigenvalue weighted by Gasteiger charge is 1.98. The molecule has 2 rings (SSSR count). The van der Waals surface area contributed by atoms with Crippen molar-refractivity contribution >= 4 is 33.4 Å². The summed E-state index contributed by atoms with van der Waals surface area (Å²) < 4.78 is 6.49. The van der Waals surface area contributed by atoms with Crippen LogP contribution in [-0.2, 0) is 4.79 Å². The second-order valence-electron chi connectivity index (χ2n) is 2.64. The molecule has 0 spiro atoms. The van der Waals surface area contributed by atoms with Crippen molar-refractivity contribution in [3.05, 3.63) is 34.5 Å². The van der Waals surface area contributed by atoms with E-state index in [2.05, 4.69) is 15.9 Å². The van der Waals surface area contributed by atoms with Crippen LogP contribution in [0.2, 0.25) is 0 Å². The van der Waals surface area contributed by atoms with Crippen LogP contribution in [0.25, 0.3) is 11.0 Å². The summed E-state index contributed by atoms with van der Waals surface area (Å²) in [6.45, 7) is 1.70. The zero-order valence-corrected chi connectivity index (χ0v) is 9.11. The van der Waals surface area contributed by atoms with Gasteiger partial charge < -0.3 is 9.52 Å². The third-order valence-corrected chi connectivity index (χ3v) is 2.09. The van der Waals surface area contributed by atoms with Crippen LogP contribution in [-0.4, -0.2) is 11.6 Å². The van der Waals surface area contributed by atoms with Crippen LogP contribution < -0.4 is 0 Å². The topological polar surface area (TPSA) is 50.4 Å². The molecule has 2 aromatic rings. The van der Waals surface area contributed by atoms with Gasteiger partial charge in [-0.3, -0.25) is 4.79 Å². The zero-order chi connectivity index (χ0) is 10.6. The molecule has 0 saturated heterocycles. The molecule has 0 atom stereocenters. The Balaban J connectivity index is 0.000000293. The maximum Gasteiger partial charge on any atom is 0.290 e. The Hall–Kier alpha value is -1.29. The van der Waals surface area contributed by atoms with Gasteiger partial charge >= 0.3 is 0 Å². The molecule has 0 unspecified atom stereocenters. The second kappa shape index (κ2) is 4.81. The highest BCUT2D eigenvalue weighted by atomic mass is 79.9. The average molecular weight is 257 g/mol. The predicted octanol–water partition coefficient (Wildman–Crippen LogP) is 3.20. The average Bonchev–Trinajstić information content (AvgIpc) is 2.45. The molecule has 1 heterocycles. The molecule has 74 valence electrons. The lowest BCUT2D eigenvalue weighted by Gasteiger charge is -1.87. The normalized spacial score (nSPS) is 9.29. The maximum absolute atomic E-state index is 8.36. The summed E-state index contributed by atoms with van der Waals surface area (Å²) in [6.07, 6.45) is 0. The van der Waals surface area contributed by atoms with Crippen LogP contribution >= 0.6 is 15.9 Å². The van der Waals surface area contributed by atoms with Crippen molar-refractivity contribution in [1.29, 1.82) is 0 Å². The molecular weight excluding hydrogens is 248 g/mol. The molecule has 0 amide bonds. The first kappa shape index (κ1) is 10.8. The van der Waals surface area contributed by atoms with E-state index < -0.39 is 0 Å². The van der Waals surface area contributed by atoms with E-state index >= 15 is 0 Å². The molecule has 14 heavy (non-hydrogen) atoms. The summed E-state index contributed by atoms with van der Waals surface area (Å²) >= 11 is 3.40. The molecule has 0 aliphatic rings. The molecule has 1 aromatic heterocycles. The maximum atomic E-state index is 8.36. The van der Waals surface area contributed by atoms with Gasteiger partial charge in [-0.2, -0.15) is 0 Å². The van der Waals surface area contributed by atoms with E-state index in [0.29, 0.717) is 0 Å². The first-order valence-corrected chi connectivity index (χ1v) is 4.70. The number of benzene rings is 1. The van der Waals surface area contributed by atoms with Crippen molar-refractivity contribution < 1.29 is 14.3 Å². The van der Waals surface area contributed by atoms with E-state index in [1.165, 1.54) is 0 Å². The molecular formula is C10H9BrO3. The second-order valence-corrected chi connectivity index (χ2v) is 3.56. The summed E-state index contributed by atoms with van der Waals surface area (Å²) in [5.41, 5.74) is 0.950. The summed E-state index contributed by atoms with van der Waals surface area (Å²) in [7, 11) is 0. The lowest BCUT2D eigenvalue weighted by Crippen LogP contribution is -1.62. The Morgan fingerprint density at radius 2 is 2.07 bits per heavy atom. The molecule has 0 saturated carbocycles. The number of fused-ring (bicyclic) bond motifs is 1. The minimum absolute atomic E-state index is 0.250. The van der Waals surface area contributed by atoms with Crippen molar-refractivity contribution in [2.24, 2.45) is 0 Å². The van der Waals surface area contributed by atoms with Crippen molar-refractivity contribution in [3.8, 4) is 0 Å². The number of halogens is 1. The van der Waals surface area contributed by atoms with Crippen molar-refractivity contribution in [2.45, 2.75) is 6.92 Å². The van der Waals surface area contributed by atoms with Crippen LogP contribution in [0.15, 0.2) is 33.2 Å². The van der Waals surface area contributed by atoms with E-state index in [4.69, 9.17) is 14.3 Å². The lowest BCUT2D eigenvalue weighted by molar-refractivity contribution is -0.122. The number of hydrogen-bond donors (Lipinski definition) is 1. The van der Waals surface area contributed by atoms with Gasteiger partial charge in [-0.1, -0.05) is 15.9 Å². The van der Waals surface area contributed by atoms with Crippen molar-refractivity contribution in [3.63, 3.8) is 0 Å². The monoisotopic (exact) mass is 256 g/mol. The van der Waals surface area contributed by atoms with Crippen LogP contribution in [0.1, 0.15) is 5.76 Å². The number of furan rings is 1. The van der Waals surface area contributed by atoms with E-state index in [1.807, 2.05) is 31.2 Å². The Kier molecular flexibility index (Phi) is 3.71. The highest BCUT2D eigenvalue weighted by molar-refractivity contribution is 9.10. The van der Waals surface area contributed by atoms with Gasteiger partial charge in [0.15, 0.2) is 0 Å². The van der Waals surface area contributed by atoms with Crippen LogP contribution in [0, 0.1) is 6.92 Å². The van der Waals surface area contributed by atoms with Crippen molar-refractivity contribution in [1.82, 2.24) is 0 Å². The largest absolute Gasteiger partial charge is 0.483 e. The van der Waals surface area contributed by atoms with Crippen LogP contribution in [0.4, 0.5) is 0 Å². The Labute approximate surface area is 89.5 Å². The van der Waals surface area contributed by atoms with E-state index in [1.54, 1.807) is 0 Å². The quantitative estimate of drug-likeness (QED) is 0.737. The van der Waals surface area contributed by atoms with Gasteiger partial charge in [0, 0.05) is 9.86 Å². The van der Waals surface area contributed by atoms with Gasteiger partial charge in [0.1, 0.15) is 11.3 Å². The molecule has 0 fully saturated rings. The number of carboxylic acid groups (broad SMARTS) is 1. The zero-order valence-electron chi connectivity index (χ0n) is 7.53. The van der Waals surface area contributed by atoms with Crippen LogP contribution in [0.3, 0.4) is 0 Å². The van der Waals surface area contributed by atoms with Crippen molar-refractivity contribution in [2.75, 3.05) is 0 Å². The summed E-state index contributed by atoms with van der Waals surface area (Å²) in [5.74, 6) is 0.957. The Morgan fingerprint density at radius 1 is 1.43 bits per heavy atom. The number of rotatable bonds is 0. The lowest BCUT2D eigenvalue weighted by atomic mass is 10.2. The first-order valence-electron chi connectivity index (χ1n) is 3.91. The fraction of sp³-hybridized carbons (Fsp3) is 0.100. The van der Waals surface area contributed by atoms with Gasteiger partial charge in [-0.25, -0.2) is 0 Å². The number of aryl methyl sites for hydroxylation is 1. The predicted molar refractivity (Wildman–Crippen MR) is 57.3 cm³/mol. The van der Waals surface area contributed by atoms with Gasteiger partial charge in [0.2, 0.25) is 0 Å². The fourth-order valence-corrected chi connectivity index (χ4v) is 1.53. The third-order valence-electron chi connectivity index (χ3n) is 1.60. The first-order chi connectivity index (χ1) is 6.67. The third kappa shape index (κ3) is 2.60. The molecule has 0 aliphatic heterocycles. The van der Waals surface area contributed by atoms with Gasteiger partial charge in [-0.15, -0.1) is 0 Å². The molecule has 0 bridgehead atoms. The van der Waals surface area contributed by atoms with Crippen LogP contribution in [0.5, 0.6) is 0 Å². The fourth-order valence-electron chi connectivity index (χ4n) is 1.15. The Bertz CT molecular complexity index is 434. The van der Waals surface area contributed by atoms with E-state index in [9.17, 15) is 0 Å². The van der Waals surface area contributed by atoms with Gasteiger partial charge in [0.05, 0.1) is 0 Å². The summed E-state index contributed by atoms with van der Waals surface area (Å²) in [6, 6.07) is 8.02. The Morgan fingerprint density at radius 3 is 2.71 bits per heavy atom. The number of hydrogen-bond acceptors (Lipinski definition) is 2. The molecule has 0 radical (unpaired) electrons. The van der Waals surface area contributed by atoms with Gasteiger partial charge in [0.25, 0.3) is 6.47 Å². The molecule has 4 heteroatoms. The highest BCUT2D eigenvalue weighted by Crippen LogP contribution is 2.22. The minimum Gasteiger partial charge on any atom is -0.483 e. The minimum atomic E-state index is -0.250. The smallest absolute Gasteiger partial charge is 0.290 e. The molecule has 0 aliphatic carbocycles. The molecule has 1 N–H and O–H groups in total. The SMILES string of the molecule is Cc1cc2cc(Br)ccc2o1.O=CO. The standard InChI is InChI=1S/C9H7BrO.CH2O2/c1-6-4-7-5-8(10)2-3-9(7)11-6;2-1-3/h2-5H,1H3;1H,(H,2,3). The number of carbonyl (C=O) groups is 1.